The van der Waals surface area contributed by atoms with Crippen LogP contribution in [0.25, 0.3) is 0 Å². The zero-order valence-corrected chi connectivity index (χ0v) is 14.8. The summed E-state index contributed by atoms with van der Waals surface area (Å²) in [5.74, 6) is -0.821. The summed E-state index contributed by atoms with van der Waals surface area (Å²) in [4.78, 5) is 11.6. The van der Waals surface area contributed by atoms with E-state index in [-0.39, 0.29) is 11.5 Å². The number of esters is 1. The minimum absolute atomic E-state index is 0.0650. The average molecular weight is 365 g/mol. The third-order valence-electron chi connectivity index (χ3n) is 3.58. The van der Waals surface area contributed by atoms with Crippen molar-refractivity contribution in [2.75, 3.05) is 6.54 Å². The summed E-state index contributed by atoms with van der Waals surface area (Å²) in [6.07, 6.45) is 0. The molecule has 0 aliphatic carbocycles. The second kappa shape index (κ2) is 8.22. The number of halogens is 1. The van der Waals surface area contributed by atoms with Gasteiger partial charge in [-0.05, 0) is 41.3 Å². The van der Waals surface area contributed by atoms with E-state index >= 15 is 0 Å². The first kappa shape index (κ1) is 19.1. The van der Waals surface area contributed by atoms with Gasteiger partial charge < -0.3 is 4.74 Å². The molecule has 1 N–H and O–H groups in total. The van der Waals surface area contributed by atoms with Crippen molar-refractivity contribution in [3.63, 3.8) is 0 Å². The van der Waals surface area contributed by atoms with Crippen LogP contribution in [0.2, 0.25) is 0 Å². The first-order valence-electron chi connectivity index (χ1n) is 7.77. The van der Waals surface area contributed by atoms with Crippen molar-refractivity contribution in [3.8, 4) is 0 Å². The molecule has 0 saturated carbocycles. The number of sulfonamides is 1. The molecule has 134 valence electrons. The Balaban J connectivity index is 1.85. The summed E-state index contributed by atoms with van der Waals surface area (Å²) in [5.41, 5.74) is 2.00. The molecule has 0 aliphatic rings. The van der Waals surface area contributed by atoms with Crippen LogP contribution in [0.1, 0.15) is 30.9 Å². The summed E-state index contributed by atoms with van der Waals surface area (Å²) in [5, 5.41) is 0. The molecule has 0 atom stereocenters. The second-order valence-electron chi connectivity index (χ2n) is 5.84. The van der Waals surface area contributed by atoms with E-state index in [0.29, 0.717) is 5.92 Å². The molecule has 25 heavy (non-hydrogen) atoms. The highest BCUT2D eigenvalue weighted by Crippen LogP contribution is 2.15. The average Bonchev–Trinajstić information content (AvgIpc) is 2.59. The normalized spacial score (nSPS) is 11.5. The number of rotatable bonds is 7. The number of nitrogens with one attached hydrogen (secondary N) is 1. The summed E-state index contributed by atoms with van der Waals surface area (Å²) in [6, 6.07) is 12.0. The maximum absolute atomic E-state index is 12.8. The number of benzene rings is 2. The summed E-state index contributed by atoms with van der Waals surface area (Å²) >= 11 is 0. The van der Waals surface area contributed by atoms with Crippen LogP contribution in [0.3, 0.4) is 0 Å². The van der Waals surface area contributed by atoms with Crippen LogP contribution in [-0.4, -0.2) is 20.9 Å². The molecule has 7 heteroatoms. The summed E-state index contributed by atoms with van der Waals surface area (Å²) in [6.45, 7) is 3.74. The number of carbonyl (C=O) groups excluding carboxylic acids is 1. The Morgan fingerprint density at radius 2 is 1.68 bits per heavy atom. The zero-order valence-electron chi connectivity index (χ0n) is 14.0. The number of hydrogen-bond acceptors (Lipinski definition) is 4. The van der Waals surface area contributed by atoms with Gasteiger partial charge in [-0.2, -0.15) is 4.72 Å². The molecule has 0 spiro atoms. The van der Waals surface area contributed by atoms with E-state index in [1.54, 1.807) is 0 Å². The molecular formula is C18H20FNO4S. The minimum Gasteiger partial charge on any atom is -0.460 e. The molecule has 0 heterocycles. The van der Waals surface area contributed by atoms with Crippen molar-refractivity contribution in [3.05, 3.63) is 65.5 Å². The molecule has 2 aromatic carbocycles. The van der Waals surface area contributed by atoms with Crippen LogP contribution >= 0.6 is 0 Å². The van der Waals surface area contributed by atoms with Crippen LogP contribution in [-0.2, 0) is 26.2 Å². The zero-order chi connectivity index (χ0) is 18.4. The molecule has 0 bridgehead atoms. The van der Waals surface area contributed by atoms with Gasteiger partial charge in [-0.1, -0.05) is 38.1 Å². The van der Waals surface area contributed by atoms with Crippen molar-refractivity contribution in [2.24, 2.45) is 0 Å². The SMILES string of the molecule is CC(C)c1ccc(COC(=O)CNS(=O)(=O)c2ccc(F)cc2)cc1. The van der Waals surface area contributed by atoms with Gasteiger partial charge in [0.1, 0.15) is 19.0 Å². The third kappa shape index (κ3) is 5.65. The lowest BCUT2D eigenvalue weighted by atomic mass is 10.0. The van der Waals surface area contributed by atoms with Gasteiger partial charge >= 0.3 is 5.97 Å². The van der Waals surface area contributed by atoms with E-state index in [1.165, 1.54) is 5.56 Å². The lowest BCUT2D eigenvalue weighted by Crippen LogP contribution is -2.30. The highest BCUT2D eigenvalue weighted by Gasteiger charge is 2.16. The van der Waals surface area contributed by atoms with E-state index in [0.717, 1.165) is 29.8 Å². The van der Waals surface area contributed by atoms with Crippen LogP contribution in [0.5, 0.6) is 0 Å². The monoisotopic (exact) mass is 365 g/mol. The van der Waals surface area contributed by atoms with Crippen molar-refractivity contribution >= 4 is 16.0 Å². The molecule has 0 amide bonds. The lowest BCUT2D eigenvalue weighted by Gasteiger charge is -2.09. The van der Waals surface area contributed by atoms with Gasteiger partial charge in [-0.25, -0.2) is 12.8 Å². The molecule has 0 aliphatic heterocycles. The molecule has 0 fully saturated rings. The molecule has 0 radical (unpaired) electrons. The number of carbonyl (C=O) groups is 1. The molecule has 2 rings (SSSR count). The molecule has 5 nitrogen and oxygen atoms in total. The number of ether oxygens (including phenoxy) is 1. The predicted octanol–water partition coefficient (Wildman–Crippen LogP) is 2.97. The summed E-state index contributed by atoms with van der Waals surface area (Å²) < 4.78 is 44.0. The maximum atomic E-state index is 12.8. The Morgan fingerprint density at radius 3 is 2.24 bits per heavy atom. The van der Waals surface area contributed by atoms with Gasteiger partial charge in [0.05, 0.1) is 4.90 Å². The van der Waals surface area contributed by atoms with Crippen LogP contribution in [0.4, 0.5) is 4.39 Å². The molecule has 2 aromatic rings. The third-order valence-corrected chi connectivity index (χ3v) is 4.99. The van der Waals surface area contributed by atoms with Gasteiger partial charge in [0.2, 0.25) is 10.0 Å². The highest BCUT2D eigenvalue weighted by atomic mass is 32.2. The van der Waals surface area contributed by atoms with E-state index in [4.69, 9.17) is 4.74 Å². The fourth-order valence-electron chi connectivity index (χ4n) is 2.06. The Kier molecular flexibility index (Phi) is 6.27. The fourth-order valence-corrected chi connectivity index (χ4v) is 3.03. The quantitative estimate of drug-likeness (QED) is 0.766. The van der Waals surface area contributed by atoms with Crippen LogP contribution in [0.15, 0.2) is 53.4 Å². The molecular weight excluding hydrogens is 345 g/mol. The van der Waals surface area contributed by atoms with Crippen LogP contribution < -0.4 is 4.72 Å². The predicted molar refractivity (Wildman–Crippen MR) is 91.9 cm³/mol. The van der Waals surface area contributed by atoms with Crippen LogP contribution in [0, 0.1) is 5.82 Å². The Hall–Kier alpha value is -2.25. The highest BCUT2D eigenvalue weighted by molar-refractivity contribution is 7.89. The number of hydrogen-bond donors (Lipinski definition) is 1. The van der Waals surface area contributed by atoms with E-state index in [2.05, 4.69) is 18.6 Å². The van der Waals surface area contributed by atoms with E-state index < -0.39 is 28.4 Å². The first-order valence-corrected chi connectivity index (χ1v) is 9.26. The lowest BCUT2D eigenvalue weighted by molar-refractivity contribution is -0.143. The first-order chi connectivity index (χ1) is 11.8. The van der Waals surface area contributed by atoms with Crippen molar-refractivity contribution < 1.29 is 22.3 Å². The maximum Gasteiger partial charge on any atom is 0.321 e. The van der Waals surface area contributed by atoms with Crippen molar-refractivity contribution in [1.82, 2.24) is 4.72 Å². The van der Waals surface area contributed by atoms with Gasteiger partial charge in [0.25, 0.3) is 0 Å². The molecule has 0 saturated heterocycles. The Bertz CT molecular complexity index is 815. The molecule has 0 unspecified atom stereocenters. The smallest absolute Gasteiger partial charge is 0.321 e. The second-order valence-corrected chi connectivity index (χ2v) is 7.60. The van der Waals surface area contributed by atoms with Gasteiger partial charge in [-0.3, -0.25) is 4.79 Å². The largest absolute Gasteiger partial charge is 0.460 e. The molecule has 0 aromatic heterocycles. The Labute approximate surface area is 146 Å². The Morgan fingerprint density at radius 1 is 1.08 bits per heavy atom. The van der Waals surface area contributed by atoms with E-state index in [9.17, 15) is 17.6 Å². The van der Waals surface area contributed by atoms with Crippen molar-refractivity contribution in [2.45, 2.75) is 31.3 Å². The minimum atomic E-state index is -3.89. The van der Waals surface area contributed by atoms with Gasteiger partial charge in [-0.15, -0.1) is 0 Å². The van der Waals surface area contributed by atoms with Gasteiger partial charge in [0, 0.05) is 0 Å². The summed E-state index contributed by atoms with van der Waals surface area (Å²) in [7, 11) is -3.89. The topological polar surface area (TPSA) is 72.5 Å². The van der Waals surface area contributed by atoms with Gasteiger partial charge in [0.15, 0.2) is 0 Å². The standard InChI is InChI=1S/C18H20FNO4S/c1-13(2)15-5-3-14(4-6-15)12-24-18(21)11-20-25(22,23)17-9-7-16(19)8-10-17/h3-10,13,20H,11-12H2,1-2H3. The van der Waals surface area contributed by atoms with E-state index in [1.807, 2.05) is 24.3 Å². The van der Waals surface area contributed by atoms with Crippen molar-refractivity contribution in [1.29, 1.82) is 0 Å². The fraction of sp³-hybridized carbons (Fsp3) is 0.278.